The molecule has 9 heteroatoms. The van der Waals surface area contributed by atoms with Gasteiger partial charge in [-0.1, -0.05) is 39.8 Å². The number of aromatic carboxylic acids is 1. The molecular formula is C24H32F6O3. The lowest BCUT2D eigenvalue weighted by Crippen LogP contribution is -2.58. The maximum atomic E-state index is 12.7. The predicted molar refractivity (Wildman–Crippen MR) is 112 cm³/mol. The molecule has 0 aliphatic heterocycles. The molecule has 0 amide bonds. The van der Waals surface area contributed by atoms with E-state index in [9.17, 15) is 36.2 Å². The van der Waals surface area contributed by atoms with Gasteiger partial charge in [-0.25, -0.2) is 4.79 Å². The van der Waals surface area contributed by atoms with E-state index in [1.54, 1.807) is 12.1 Å². The van der Waals surface area contributed by atoms with E-state index < -0.39 is 36.3 Å². The first kappa shape index (κ1) is 27.5. The van der Waals surface area contributed by atoms with E-state index >= 15 is 0 Å². The highest BCUT2D eigenvalue weighted by molar-refractivity contribution is 5.87. The third kappa shape index (κ3) is 5.66. The van der Waals surface area contributed by atoms with Crippen LogP contribution in [-0.4, -0.2) is 34.1 Å². The largest absolute Gasteiger partial charge is 0.478 e. The molecular weight excluding hydrogens is 450 g/mol. The van der Waals surface area contributed by atoms with Crippen molar-refractivity contribution in [3.63, 3.8) is 0 Å². The number of hydrogen-bond acceptors (Lipinski definition) is 2. The van der Waals surface area contributed by atoms with Crippen LogP contribution >= 0.6 is 0 Å². The Balaban J connectivity index is 0.000000257. The Kier molecular flexibility index (Phi) is 8.19. The summed E-state index contributed by atoms with van der Waals surface area (Å²) in [6, 6.07) is 7.09. The van der Waals surface area contributed by atoms with Gasteiger partial charge in [-0.3, -0.25) is 0 Å². The quantitative estimate of drug-likeness (QED) is 0.442. The highest BCUT2D eigenvalue weighted by Crippen LogP contribution is 2.59. The molecule has 2 N–H and O–H groups in total. The maximum absolute atomic E-state index is 12.7. The van der Waals surface area contributed by atoms with Crippen molar-refractivity contribution in [2.24, 2.45) is 29.6 Å². The first-order valence-corrected chi connectivity index (χ1v) is 11.2. The molecule has 2 fully saturated rings. The summed E-state index contributed by atoms with van der Waals surface area (Å²) in [5.41, 5.74) is -3.03. The highest BCUT2D eigenvalue weighted by Gasteiger charge is 2.71. The number of carboxylic acids is 1. The molecule has 6 unspecified atom stereocenters. The molecule has 188 valence electrons. The summed E-state index contributed by atoms with van der Waals surface area (Å²) >= 11 is 0. The van der Waals surface area contributed by atoms with Crippen LogP contribution in [0.2, 0.25) is 0 Å². The Bertz CT molecular complexity index is 786. The Labute approximate surface area is 190 Å². The van der Waals surface area contributed by atoms with E-state index in [1.165, 1.54) is 5.56 Å². The van der Waals surface area contributed by atoms with Gasteiger partial charge < -0.3 is 10.2 Å². The minimum absolute atomic E-state index is 0.115. The fraction of sp³-hybridized carbons (Fsp3) is 0.708. The maximum Gasteiger partial charge on any atom is 0.426 e. The van der Waals surface area contributed by atoms with Gasteiger partial charge in [0.2, 0.25) is 0 Å². The average Bonchev–Trinajstić information content (AvgIpc) is 3.25. The topological polar surface area (TPSA) is 57.5 Å². The summed E-state index contributed by atoms with van der Waals surface area (Å²) < 4.78 is 76.2. The van der Waals surface area contributed by atoms with Crippen molar-refractivity contribution in [1.82, 2.24) is 0 Å². The molecule has 3 nitrogen and oxygen atoms in total. The molecule has 2 aliphatic rings. The molecule has 33 heavy (non-hydrogen) atoms. The number of carbonyl (C=O) groups is 1. The first-order chi connectivity index (χ1) is 15.0. The molecule has 0 radical (unpaired) electrons. The fourth-order valence-corrected chi connectivity index (χ4v) is 5.29. The Morgan fingerprint density at radius 2 is 1.52 bits per heavy atom. The Morgan fingerprint density at radius 1 is 1.00 bits per heavy atom. The SMILES string of the molecule is CC1C2CC(CC(O)(C(F)(F)F)C(F)(F)F)C(C2)C1C.CCC(C)c1ccc(C(=O)O)cc1. The molecule has 1 aromatic carbocycles. The summed E-state index contributed by atoms with van der Waals surface area (Å²) in [5.74, 6) is -0.583. The third-order valence-electron chi connectivity index (χ3n) is 7.87. The number of carboxylic acid groups (broad SMARTS) is 1. The first-order valence-electron chi connectivity index (χ1n) is 11.2. The van der Waals surface area contributed by atoms with Crippen LogP contribution in [0.5, 0.6) is 0 Å². The zero-order chi connectivity index (χ0) is 25.4. The summed E-state index contributed by atoms with van der Waals surface area (Å²) in [5, 5.41) is 17.9. The van der Waals surface area contributed by atoms with Crippen molar-refractivity contribution < 1.29 is 41.4 Å². The molecule has 0 heterocycles. The summed E-state index contributed by atoms with van der Waals surface area (Å²) in [6.07, 6.45) is -10.5. The molecule has 2 saturated carbocycles. The van der Waals surface area contributed by atoms with Crippen LogP contribution in [0.1, 0.15) is 75.2 Å². The minimum atomic E-state index is -5.69. The van der Waals surface area contributed by atoms with E-state index in [0.29, 0.717) is 30.2 Å². The van der Waals surface area contributed by atoms with Crippen molar-refractivity contribution in [2.45, 2.75) is 77.2 Å². The van der Waals surface area contributed by atoms with Crippen molar-refractivity contribution in [1.29, 1.82) is 0 Å². The lowest BCUT2D eigenvalue weighted by Gasteiger charge is -2.39. The van der Waals surface area contributed by atoms with Crippen molar-refractivity contribution in [3.8, 4) is 0 Å². The Morgan fingerprint density at radius 3 is 1.88 bits per heavy atom. The van der Waals surface area contributed by atoms with Gasteiger partial charge >= 0.3 is 18.3 Å². The zero-order valence-corrected chi connectivity index (χ0v) is 19.2. The van der Waals surface area contributed by atoms with E-state index in [4.69, 9.17) is 5.11 Å². The smallest absolute Gasteiger partial charge is 0.426 e. The number of fused-ring (bicyclic) bond motifs is 2. The second kappa shape index (κ2) is 9.84. The van der Waals surface area contributed by atoms with Gasteiger partial charge in [-0.15, -0.1) is 0 Å². The second-order valence-corrected chi connectivity index (χ2v) is 9.67. The van der Waals surface area contributed by atoms with Crippen molar-refractivity contribution in [3.05, 3.63) is 35.4 Å². The van der Waals surface area contributed by atoms with Crippen LogP contribution in [0.15, 0.2) is 24.3 Å². The lowest BCUT2D eigenvalue weighted by atomic mass is 9.72. The van der Waals surface area contributed by atoms with Gasteiger partial charge in [0, 0.05) is 0 Å². The summed E-state index contributed by atoms with van der Waals surface area (Å²) in [4.78, 5) is 10.6. The van der Waals surface area contributed by atoms with Crippen LogP contribution in [0.25, 0.3) is 0 Å². The van der Waals surface area contributed by atoms with Gasteiger partial charge in [0.25, 0.3) is 5.60 Å². The van der Waals surface area contributed by atoms with Crippen molar-refractivity contribution >= 4 is 5.97 Å². The van der Waals surface area contributed by atoms with Gasteiger partial charge in [0.15, 0.2) is 0 Å². The molecule has 3 rings (SSSR count). The number of rotatable bonds is 5. The van der Waals surface area contributed by atoms with Gasteiger partial charge in [-0.2, -0.15) is 26.3 Å². The average molecular weight is 483 g/mol. The van der Waals surface area contributed by atoms with E-state index in [-0.39, 0.29) is 17.8 Å². The molecule has 0 saturated heterocycles. The van der Waals surface area contributed by atoms with Crippen LogP contribution < -0.4 is 0 Å². The number of aliphatic hydroxyl groups is 1. The number of hydrogen-bond donors (Lipinski definition) is 2. The van der Waals surface area contributed by atoms with Crippen LogP contribution in [0, 0.1) is 29.6 Å². The lowest BCUT2D eigenvalue weighted by molar-refractivity contribution is -0.373. The summed E-state index contributed by atoms with van der Waals surface area (Å²) in [6.45, 7) is 8.12. The van der Waals surface area contributed by atoms with Crippen LogP contribution in [0.4, 0.5) is 26.3 Å². The molecule has 0 spiro atoms. The number of halogens is 6. The fourth-order valence-electron chi connectivity index (χ4n) is 5.29. The zero-order valence-electron chi connectivity index (χ0n) is 19.2. The van der Waals surface area contributed by atoms with Crippen LogP contribution in [-0.2, 0) is 0 Å². The molecule has 0 aromatic heterocycles. The van der Waals surface area contributed by atoms with Gasteiger partial charge in [0.1, 0.15) is 0 Å². The van der Waals surface area contributed by atoms with E-state index in [0.717, 1.165) is 6.42 Å². The van der Waals surface area contributed by atoms with Crippen LogP contribution in [0.3, 0.4) is 0 Å². The molecule has 2 bridgehead atoms. The number of benzene rings is 1. The number of alkyl halides is 6. The minimum Gasteiger partial charge on any atom is -0.478 e. The third-order valence-corrected chi connectivity index (χ3v) is 7.87. The molecule has 1 aromatic rings. The summed E-state index contributed by atoms with van der Waals surface area (Å²) in [7, 11) is 0. The van der Waals surface area contributed by atoms with Gasteiger partial charge in [-0.05, 0) is 78.9 Å². The molecule has 2 aliphatic carbocycles. The van der Waals surface area contributed by atoms with Gasteiger partial charge in [0.05, 0.1) is 5.56 Å². The van der Waals surface area contributed by atoms with E-state index in [1.807, 2.05) is 26.0 Å². The van der Waals surface area contributed by atoms with Crippen molar-refractivity contribution in [2.75, 3.05) is 0 Å². The Hall–Kier alpha value is -1.77. The normalized spacial score (nSPS) is 28.3. The van der Waals surface area contributed by atoms with E-state index in [2.05, 4.69) is 13.8 Å². The second-order valence-electron chi connectivity index (χ2n) is 9.67. The monoisotopic (exact) mass is 482 g/mol. The predicted octanol–water partition coefficient (Wildman–Crippen LogP) is 7.06. The standard InChI is InChI=1S/C13H18F6O.C11H14O2/c1-6-7(2)10-4-8(6)3-9(10)5-11(20,12(14,15)16)13(17,18)19;1-3-8(2)9-4-6-10(7-5-9)11(12)13/h6-10,20H,3-5H2,1-2H3;4-8H,3H2,1-2H3,(H,12,13). The molecule has 6 atom stereocenters. The highest BCUT2D eigenvalue weighted by atomic mass is 19.4.